The molecule has 4 rings (SSSR count). The summed E-state index contributed by atoms with van der Waals surface area (Å²) in [4.78, 5) is 16.5. The summed E-state index contributed by atoms with van der Waals surface area (Å²) in [6, 6.07) is 7.96. The van der Waals surface area contributed by atoms with E-state index in [0.717, 1.165) is 48.9 Å². The maximum Gasteiger partial charge on any atom is 0.284 e. The van der Waals surface area contributed by atoms with Gasteiger partial charge in [-0.3, -0.25) is 4.79 Å². The zero-order chi connectivity index (χ0) is 22.2. The van der Waals surface area contributed by atoms with Crippen LogP contribution in [0.1, 0.15) is 62.0 Å². The van der Waals surface area contributed by atoms with E-state index in [9.17, 15) is 17.6 Å². The fraction of sp³-hybridized carbons (Fsp3) is 0.455. The van der Waals surface area contributed by atoms with E-state index in [1.54, 1.807) is 0 Å². The van der Waals surface area contributed by atoms with E-state index in [1.807, 2.05) is 29.8 Å². The summed E-state index contributed by atoms with van der Waals surface area (Å²) in [6.07, 6.45) is 6.40. The molecule has 9 heteroatoms. The monoisotopic (exact) mass is 447 g/mol. The van der Waals surface area contributed by atoms with E-state index >= 15 is 0 Å². The molecule has 3 N–H and O–H groups in total. The zero-order valence-corrected chi connectivity index (χ0v) is 18.2. The number of carbonyl (C=O) groups excluding carboxylic acids is 1. The summed E-state index contributed by atoms with van der Waals surface area (Å²) in [7, 11) is -4.53. The average molecular weight is 448 g/mol. The van der Waals surface area contributed by atoms with Gasteiger partial charge in [-0.25, -0.2) is 14.1 Å². The van der Waals surface area contributed by atoms with Crippen LogP contribution < -0.4 is 15.2 Å². The highest BCUT2D eigenvalue weighted by Gasteiger charge is 2.55. The number of aromatic nitrogens is 1. The highest BCUT2D eigenvalue weighted by molar-refractivity contribution is 7.90. The number of sulfonamides is 1. The van der Waals surface area contributed by atoms with Crippen LogP contribution in [0.15, 0.2) is 35.4 Å². The lowest BCUT2D eigenvalue weighted by Crippen LogP contribution is -2.44. The van der Waals surface area contributed by atoms with Gasteiger partial charge < -0.3 is 10.5 Å². The predicted octanol–water partition coefficient (Wildman–Crippen LogP) is 3.58. The number of hydrogen-bond donors (Lipinski definition) is 2. The lowest BCUT2D eigenvalue weighted by atomic mass is 9.83. The van der Waals surface area contributed by atoms with E-state index < -0.39 is 32.4 Å². The van der Waals surface area contributed by atoms with E-state index in [1.165, 1.54) is 6.42 Å². The molecule has 166 valence electrons. The van der Waals surface area contributed by atoms with Crippen molar-refractivity contribution in [3.05, 3.63) is 47.3 Å². The molecule has 0 saturated heterocycles. The molecule has 0 spiro atoms. The fourth-order valence-electron chi connectivity index (χ4n) is 4.12. The van der Waals surface area contributed by atoms with Gasteiger partial charge in [0.15, 0.2) is 11.4 Å². The van der Waals surface area contributed by atoms with Gasteiger partial charge in [-0.15, -0.1) is 0 Å². The number of halogens is 1. The minimum Gasteiger partial charge on any atom is -0.477 e. The maximum absolute atomic E-state index is 14.0. The number of nitrogens with two attached hydrogens (primary N) is 1. The number of hydrogen-bond acceptors (Lipinski definition) is 6. The molecule has 7 nitrogen and oxygen atoms in total. The SMILES string of the molecule is Cc1cccc(C2CCCCC2)c1OC1(C(=O)NS(=O)(=O)c2nc(N)ccc2F)CC1. The Balaban J connectivity index is 1.58. The Morgan fingerprint density at radius 1 is 1.19 bits per heavy atom. The number of rotatable bonds is 6. The number of nitrogen functional groups attached to an aromatic ring is 1. The van der Waals surface area contributed by atoms with Crippen molar-refractivity contribution in [1.29, 1.82) is 0 Å². The lowest BCUT2D eigenvalue weighted by Gasteiger charge is -2.27. The minimum atomic E-state index is -4.53. The van der Waals surface area contributed by atoms with Gasteiger partial charge in [0, 0.05) is 12.8 Å². The molecule has 1 heterocycles. The van der Waals surface area contributed by atoms with E-state index in [4.69, 9.17) is 10.5 Å². The summed E-state index contributed by atoms with van der Waals surface area (Å²) < 4.78 is 47.3. The van der Waals surface area contributed by atoms with Crippen molar-refractivity contribution < 1.29 is 22.3 Å². The zero-order valence-electron chi connectivity index (χ0n) is 17.4. The van der Waals surface area contributed by atoms with Crippen LogP contribution >= 0.6 is 0 Å². The largest absolute Gasteiger partial charge is 0.477 e. The van der Waals surface area contributed by atoms with Crippen LogP contribution in [0.25, 0.3) is 0 Å². The minimum absolute atomic E-state index is 0.163. The van der Waals surface area contributed by atoms with Crippen molar-refractivity contribution in [2.45, 2.75) is 68.4 Å². The molecule has 1 aromatic heterocycles. The van der Waals surface area contributed by atoms with Crippen LogP contribution in [-0.2, 0) is 14.8 Å². The number of aryl methyl sites for hydroxylation is 1. The molecule has 0 aliphatic heterocycles. The predicted molar refractivity (Wildman–Crippen MR) is 114 cm³/mol. The summed E-state index contributed by atoms with van der Waals surface area (Å²) >= 11 is 0. The first kappa shape index (κ1) is 21.5. The summed E-state index contributed by atoms with van der Waals surface area (Å²) in [6.45, 7) is 1.92. The maximum atomic E-state index is 14.0. The lowest BCUT2D eigenvalue weighted by molar-refractivity contribution is -0.128. The molecular formula is C22H26FN3O4S. The molecule has 1 amide bonds. The molecule has 0 atom stereocenters. The number of anilines is 1. The number of nitrogens with zero attached hydrogens (tertiary/aromatic N) is 1. The van der Waals surface area contributed by atoms with Crippen LogP contribution in [0.3, 0.4) is 0 Å². The van der Waals surface area contributed by atoms with E-state index in [0.29, 0.717) is 24.5 Å². The molecule has 0 radical (unpaired) electrons. The number of para-hydroxylation sites is 1. The Hall–Kier alpha value is -2.68. The second-order valence-corrected chi connectivity index (χ2v) is 9.98. The van der Waals surface area contributed by atoms with Crippen LogP contribution in [-0.4, -0.2) is 24.9 Å². The summed E-state index contributed by atoms with van der Waals surface area (Å²) in [5.74, 6) is -1.07. The molecule has 2 fully saturated rings. The third kappa shape index (κ3) is 4.37. The smallest absolute Gasteiger partial charge is 0.284 e. The van der Waals surface area contributed by atoms with Gasteiger partial charge in [-0.1, -0.05) is 37.5 Å². The molecule has 1 aromatic carbocycles. The molecule has 2 aliphatic carbocycles. The topological polar surface area (TPSA) is 111 Å². The molecular weight excluding hydrogens is 421 g/mol. The standard InChI is InChI=1S/C22H26FN3O4S/c1-14-6-5-9-16(15-7-3-2-4-8-15)19(14)30-22(12-13-22)21(27)26-31(28,29)20-17(23)10-11-18(24)25-20/h5-6,9-11,15H,2-4,7-8,12-13H2,1H3,(H2,24,25)(H,26,27). The van der Waals surface area contributed by atoms with Crippen molar-refractivity contribution >= 4 is 21.7 Å². The average Bonchev–Trinajstić information content (AvgIpc) is 3.52. The molecule has 2 saturated carbocycles. The van der Waals surface area contributed by atoms with E-state index in [-0.39, 0.29) is 5.82 Å². The van der Waals surface area contributed by atoms with Crippen molar-refractivity contribution in [3.63, 3.8) is 0 Å². The van der Waals surface area contributed by atoms with Gasteiger partial charge >= 0.3 is 0 Å². The van der Waals surface area contributed by atoms with Crippen molar-refractivity contribution in [2.24, 2.45) is 0 Å². The number of ether oxygens (including phenoxy) is 1. The fourth-order valence-corrected chi connectivity index (χ4v) is 5.20. The Morgan fingerprint density at radius 3 is 2.58 bits per heavy atom. The molecule has 31 heavy (non-hydrogen) atoms. The van der Waals surface area contributed by atoms with E-state index in [2.05, 4.69) is 4.98 Å². The Kier molecular flexibility index (Phi) is 5.63. The van der Waals surface area contributed by atoms with Gasteiger partial charge in [0.05, 0.1) is 0 Å². The van der Waals surface area contributed by atoms with Gasteiger partial charge in [0.25, 0.3) is 15.9 Å². The number of benzene rings is 1. The second kappa shape index (κ2) is 8.11. The summed E-state index contributed by atoms with van der Waals surface area (Å²) in [5.41, 5.74) is 6.14. The second-order valence-electron chi connectivity index (χ2n) is 8.38. The first-order valence-electron chi connectivity index (χ1n) is 10.5. The Morgan fingerprint density at radius 2 is 1.90 bits per heavy atom. The number of carbonyl (C=O) groups is 1. The van der Waals surface area contributed by atoms with Crippen LogP contribution in [0.4, 0.5) is 10.2 Å². The van der Waals surface area contributed by atoms with Crippen LogP contribution in [0, 0.1) is 12.7 Å². The van der Waals surface area contributed by atoms with Gasteiger partial charge in [-0.05, 0) is 48.9 Å². The highest BCUT2D eigenvalue weighted by atomic mass is 32.2. The number of nitrogens with one attached hydrogen (secondary N) is 1. The number of amides is 1. The van der Waals surface area contributed by atoms with Gasteiger partial charge in [-0.2, -0.15) is 8.42 Å². The molecule has 0 unspecified atom stereocenters. The normalized spacial score (nSPS) is 18.4. The van der Waals surface area contributed by atoms with Crippen molar-refractivity contribution in [2.75, 3.05) is 5.73 Å². The Bertz CT molecular complexity index is 1110. The quantitative estimate of drug-likeness (QED) is 0.700. The first-order valence-corrected chi connectivity index (χ1v) is 12.0. The molecule has 2 aromatic rings. The van der Waals surface area contributed by atoms with Crippen molar-refractivity contribution in [3.8, 4) is 5.75 Å². The first-order chi connectivity index (χ1) is 14.7. The molecule has 0 bridgehead atoms. The van der Waals surface area contributed by atoms with Crippen LogP contribution in [0.2, 0.25) is 0 Å². The van der Waals surface area contributed by atoms with Gasteiger partial charge in [0.2, 0.25) is 5.03 Å². The number of pyridine rings is 1. The Labute approximate surface area is 181 Å². The van der Waals surface area contributed by atoms with Crippen molar-refractivity contribution in [1.82, 2.24) is 9.71 Å². The third-order valence-corrected chi connectivity index (χ3v) is 7.27. The summed E-state index contributed by atoms with van der Waals surface area (Å²) in [5, 5.41) is -0.907. The molecule has 2 aliphatic rings. The van der Waals surface area contributed by atoms with Gasteiger partial charge in [0.1, 0.15) is 11.6 Å². The van der Waals surface area contributed by atoms with Crippen LogP contribution in [0.5, 0.6) is 5.75 Å². The highest BCUT2D eigenvalue weighted by Crippen LogP contribution is 2.46. The third-order valence-electron chi connectivity index (χ3n) is 6.02.